The number of amides is 1. The van der Waals surface area contributed by atoms with Crippen LogP contribution in [-0.2, 0) is 10.2 Å². The van der Waals surface area contributed by atoms with Gasteiger partial charge in [0, 0.05) is 5.41 Å². The first kappa shape index (κ1) is 17.1. The highest BCUT2D eigenvalue weighted by molar-refractivity contribution is 7.15. The summed E-state index contributed by atoms with van der Waals surface area (Å²) in [4.78, 5) is 12.1. The molecule has 4 saturated carbocycles. The highest BCUT2D eigenvalue weighted by atomic mass is 32.1. The van der Waals surface area contributed by atoms with E-state index in [-0.39, 0.29) is 23.7 Å². The van der Waals surface area contributed by atoms with Crippen LogP contribution in [0.3, 0.4) is 0 Å². The highest BCUT2D eigenvalue weighted by Crippen LogP contribution is 2.61. The molecule has 0 radical (unpaired) electrons. The summed E-state index contributed by atoms with van der Waals surface area (Å²) in [7, 11) is 0. The van der Waals surface area contributed by atoms with Crippen molar-refractivity contribution in [2.45, 2.75) is 43.9 Å². The second-order valence-corrected chi connectivity index (χ2v) is 9.36. The number of benzene rings is 1. The minimum atomic E-state index is -0.481. The molecule has 4 bridgehead atoms. The maximum atomic E-state index is 13.6. The van der Waals surface area contributed by atoms with E-state index in [0.717, 1.165) is 22.8 Å². The van der Waals surface area contributed by atoms with E-state index in [9.17, 15) is 9.18 Å². The average molecular weight is 387 g/mol. The third kappa shape index (κ3) is 3.22. The van der Waals surface area contributed by atoms with E-state index in [2.05, 4.69) is 15.5 Å². The number of halogens is 1. The Bertz CT molecular complexity index is 833. The molecule has 0 aliphatic heterocycles. The first-order valence-electron chi connectivity index (χ1n) is 9.61. The highest BCUT2D eigenvalue weighted by Gasteiger charge is 2.53. The van der Waals surface area contributed by atoms with Gasteiger partial charge >= 0.3 is 0 Å². The van der Waals surface area contributed by atoms with Gasteiger partial charge in [-0.25, -0.2) is 4.39 Å². The van der Waals surface area contributed by atoms with Crippen molar-refractivity contribution >= 4 is 22.4 Å². The van der Waals surface area contributed by atoms with Crippen molar-refractivity contribution in [1.82, 2.24) is 10.2 Å². The lowest BCUT2D eigenvalue weighted by Crippen LogP contribution is -2.48. The molecular formula is C20H22FN3O2S. The lowest BCUT2D eigenvalue weighted by molar-refractivity contribution is -0.118. The zero-order chi connectivity index (χ0) is 18.4. The SMILES string of the molecule is O=C(COc1ccccc1F)Nc1nnc(C23CC4CC(CC(C4)C2)C3)s1. The zero-order valence-corrected chi connectivity index (χ0v) is 15.8. The van der Waals surface area contributed by atoms with Crippen molar-refractivity contribution in [2.24, 2.45) is 17.8 Å². The Morgan fingerprint density at radius 1 is 1.15 bits per heavy atom. The second kappa shape index (κ2) is 6.55. The molecule has 142 valence electrons. The molecule has 5 nitrogen and oxygen atoms in total. The van der Waals surface area contributed by atoms with Gasteiger partial charge < -0.3 is 4.74 Å². The van der Waals surface area contributed by atoms with Crippen LogP contribution in [0.5, 0.6) is 5.75 Å². The third-order valence-electron chi connectivity index (χ3n) is 6.36. The Balaban J connectivity index is 1.24. The van der Waals surface area contributed by atoms with E-state index in [1.165, 1.54) is 62.0 Å². The Kier molecular flexibility index (Phi) is 4.15. The van der Waals surface area contributed by atoms with Gasteiger partial charge in [0.25, 0.3) is 5.91 Å². The summed E-state index contributed by atoms with van der Waals surface area (Å²) in [5.74, 6) is 1.75. The van der Waals surface area contributed by atoms with E-state index < -0.39 is 5.82 Å². The average Bonchev–Trinajstić information content (AvgIpc) is 3.09. The Labute approximate surface area is 161 Å². The molecule has 0 unspecified atom stereocenters. The molecule has 0 atom stereocenters. The molecule has 4 fully saturated rings. The van der Waals surface area contributed by atoms with Crippen molar-refractivity contribution in [1.29, 1.82) is 0 Å². The Hall–Kier alpha value is -2.02. The monoisotopic (exact) mass is 387 g/mol. The van der Waals surface area contributed by atoms with Gasteiger partial charge in [0.1, 0.15) is 5.01 Å². The number of nitrogens with one attached hydrogen (secondary N) is 1. The fourth-order valence-corrected chi connectivity index (χ4v) is 6.70. The summed E-state index contributed by atoms with van der Waals surface area (Å²) in [6.07, 6.45) is 7.81. The van der Waals surface area contributed by atoms with Crippen LogP contribution in [0.2, 0.25) is 0 Å². The number of hydrogen-bond donors (Lipinski definition) is 1. The van der Waals surface area contributed by atoms with Gasteiger partial charge in [-0.3, -0.25) is 10.1 Å². The maximum absolute atomic E-state index is 13.6. The standard InChI is InChI=1S/C20H22FN3O2S/c21-15-3-1-2-4-16(15)26-11-17(25)22-19-24-23-18(27-19)20-8-12-5-13(9-20)7-14(6-12)10-20/h1-4,12-14H,5-11H2,(H,22,24,25). The molecule has 1 aromatic heterocycles. The predicted molar refractivity (Wildman–Crippen MR) is 100 cm³/mol. The molecule has 1 aromatic carbocycles. The molecule has 1 amide bonds. The number of rotatable bonds is 5. The van der Waals surface area contributed by atoms with Gasteiger partial charge in [-0.1, -0.05) is 23.5 Å². The number of hydrogen-bond acceptors (Lipinski definition) is 5. The van der Waals surface area contributed by atoms with E-state index in [4.69, 9.17) is 4.74 Å². The topological polar surface area (TPSA) is 64.1 Å². The first-order valence-corrected chi connectivity index (χ1v) is 10.4. The van der Waals surface area contributed by atoms with Crippen LogP contribution in [0.25, 0.3) is 0 Å². The minimum Gasteiger partial charge on any atom is -0.481 e. The number of para-hydroxylation sites is 1. The summed E-state index contributed by atoms with van der Waals surface area (Å²) in [5.41, 5.74) is 0.180. The summed E-state index contributed by atoms with van der Waals surface area (Å²) in [6, 6.07) is 6.04. The fraction of sp³-hybridized carbons (Fsp3) is 0.550. The molecule has 7 heteroatoms. The lowest BCUT2D eigenvalue weighted by Gasteiger charge is -2.55. The molecule has 2 aromatic rings. The van der Waals surface area contributed by atoms with Crippen LogP contribution in [0.4, 0.5) is 9.52 Å². The molecule has 27 heavy (non-hydrogen) atoms. The summed E-state index contributed by atoms with van der Waals surface area (Å²) in [6.45, 7) is -0.257. The van der Waals surface area contributed by atoms with Crippen LogP contribution >= 0.6 is 11.3 Å². The summed E-state index contributed by atoms with van der Waals surface area (Å²) < 4.78 is 18.8. The van der Waals surface area contributed by atoms with Crippen molar-refractivity contribution in [3.05, 3.63) is 35.1 Å². The fourth-order valence-electron chi connectivity index (χ4n) is 5.72. The van der Waals surface area contributed by atoms with E-state index >= 15 is 0 Å². The quantitative estimate of drug-likeness (QED) is 0.837. The number of aromatic nitrogens is 2. The summed E-state index contributed by atoms with van der Waals surface area (Å²) in [5, 5.41) is 13.0. The van der Waals surface area contributed by atoms with E-state index in [1.54, 1.807) is 12.1 Å². The van der Waals surface area contributed by atoms with Crippen LogP contribution < -0.4 is 10.1 Å². The van der Waals surface area contributed by atoms with Crippen LogP contribution in [-0.4, -0.2) is 22.7 Å². The van der Waals surface area contributed by atoms with Gasteiger partial charge in [-0.2, -0.15) is 0 Å². The number of carbonyl (C=O) groups excluding carboxylic acids is 1. The third-order valence-corrected chi connectivity index (χ3v) is 7.44. The largest absolute Gasteiger partial charge is 0.481 e. The number of nitrogens with zero attached hydrogens (tertiary/aromatic N) is 2. The van der Waals surface area contributed by atoms with Gasteiger partial charge in [0.2, 0.25) is 5.13 Å². The molecular weight excluding hydrogens is 365 g/mol. The zero-order valence-electron chi connectivity index (χ0n) is 15.0. The second-order valence-electron chi connectivity index (χ2n) is 8.38. The molecule has 1 N–H and O–H groups in total. The van der Waals surface area contributed by atoms with Gasteiger partial charge in [0.15, 0.2) is 18.2 Å². The first-order chi connectivity index (χ1) is 13.1. The molecule has 1 heterocycles. The number of ether oxygens (including phenoxy) is 1. The Morgan fingerprint density at radius 3 is 2.48 bits per heavy atom. The predicted octanol–water partition coefficient (Wildman–Crippen LogP) is 4.16. The number of carbonyl (C=O) groups is 1. The van der Waals surface area contributed by atoms with Crippen LogP contribution in [0.1, 0.15) is 43.5 Å². The minimum absolute atomic E-state index is 0.0687. The smallest absolute Gasteiger partial charge is 0.264 e. The summed E-state index contributed by atoms with van der Waals surface area (Å²) >= 11 is 1.49. The van der Waals surface area contributed by atoms with Gasteiger partial charge in [-0.15, -0.1) is 10.2 Å². The maximum Gasteiger partial charge on any atom is 0.264 e. The van der Waals surface area contributed by atoms with Crippen LogP contribution in [0, 0.1) is 23.6 Å². The Morgan fingerprint density at radius 2 is 1.81 bits per heavy atom. The molecule has 4 aliphatic rings. The lowest BCUT2D eigenvalue weighted by atomic mass is 9.50. The van der Waals surface area contributed by atoms with Gasteiger partial charge in [0.05, 0.1) is 0 Å². The van der Waals surface area contributed by atoms with E-state index in [0.29, 0.717) is 5.13 Å². The van der Waals surface area contributed by atoms with Crippen LogP contribution in [0.15, 0.2) is 24.3 Å². The molecule has 0 saturated heterocycles. The normalized spacial score (nSPS) is 31.1. The van der Waals surface area contributed by atoms with Gasteiger partial charge in [-0.05, 0) is 68.4 Å². The van der Waals surface area contributed by atoms with Crippen molar-refractivity contribution in [3.63, 3.8) is 0 Å². The van der Waals surface area contributed by atoms with Crippen molar-refractivity contribution < 1.29 is 13.9 Å². The van der Waals surface area contributed by atoms with E-state index in [1.807, 2.05) is 0 Å². The van der Waals surface area contributed by atoms with Crippen molar-refractivity contribution in [2.75, 3.05) is 11.9 Å². The molecule has 0 spiro atoms. The molecule has 4 aliphatic carbocycles. The van der Waals surface area contributed by atoms with Crippen molar-refractivity contribution in [3.8, 4) is 5.75 Å². The molecule has 6 rings (SSSR count). The number of anilines is 1.